The van der Waals surface area contributed by atoms with Gasteiger partial charge in [-0.25, -0.2) is 4.79 Å². The second-order valence-electron chi connectivity index (χ2n) is 3.24. The molecule has 0 bridgehead atoms. The number of ether oxygens (including phenoxy) is 1. The lowest BCUT2D eigenvalue weighted by Gasteiger charge is -2.07. The predicted octanol–water partition coefficient (Wildman–Crippen LogP) is -0.982. The van der Waals surface area contributed by atoms with Crippen LogP contribution in [0.2, 0.25) is 0 Å². The molecule has 0 spiro atoms. The van der Waals surface area contributed by atoms with Crippen molar-refractivity contribution in [2.75, 3.05) is 12.8 Å². The van der Waals surface area contributed by atoms with Crippen LogP contribution in [0.3, 0.4) is 0 Å². The highest BCUT2D eigenvalue weighted by Crippen LogP contribution is 2.21. The molecule has 0 aliphatic carbocycles. The first-order valence-electron chi connectivity index (χ1n) is 4.61. The van der Waals surface area contributed by atoms with Gasteiger partial charge in [0.25, 0.3) is 10.0 Å². The van der Waals surface area contributed by atoms with Gasteiger partial charge in [0, 0.05) is 5.69 Å². The van der Waals surface area contributed by atoms with Gasteiger partial charge in [-0.3, -0.25) is 0 Å². The number of benzene rings is 1. The van der Waals surface area contributed by atoms with Crippen molar-refractivity contribution in [3.05, 3.63) is 23.8 Å². The van der Waals surface area contributed by atoms with Crippen molar-refractivity contribution in [1.29, 1.82) is 0 Å². The van der Waals surface area contributed by atoms with Crippen molar-refractivity contribution < 1.29 is 17.9 Å². The average molecular weight is 272 g/mol. The third kappa shape index (κ3) is 2.88. The minimum Gasteiger partial charge on any atom is -0.465 e. The van der Waals surface area contributed by atoms with Gasteiger partial charge in [0.15, 0.2) is 0 Å². The SMILES string of the molecule is COC(=O)c1cc(N)ccc1S(=O)(=O)N=C(N)N. The van der Waals surface area contributed by atoms with Crippen LogP contribution in [0.1, 0.15) is 10.4 Å². The summed E-state index contributed by atoms with van der Waals surface area (Å²) in [7, 11) is -3.07. The lowest BCUT2D eigenvalue weighted by atomic mass is 10.2. The molecule has 1 rings (SSSR count). The molecule has 1 aromatic rings. The summed E-state index contributed by atoms with van der Waals surface area (Å²) in [4.78, 5) is 11.1. The summed E-state index contributed by atoms with van der Waals surface area (Å²) < 4.78 is 31.1. The van der Waals surface area contributed by atoms with E-state index >= 15 is 0 Å². The molecule has 1 aromatic carbocycles. The standard InChI is InChI=1S/C9H12N4O4S/c1-17-8(14)6-4-5(10)2-3-7(6)18(15,16)13-9(11)12/h2-4H,10H2,1H3,(H4,11,12,13). The van der Waals surface area contributed by atoms with Gasteiger partial charge in [-0.1, -0.05) is 0 Å². The van der Waals surface area contributed by atoms with Crippen molar-refractivity contribution in [3.63, 3.8) is 0 Å². The van der Waals surface area contributed by atoms with Crippen LogP contribution in [0.4, 0.5) is 5.69 Å². The summed E-state index contributed by atoms with van der Waals surface area (Å²) in [6, 6.07) is 3.60. The van der Waals surface area contributed by atoms with Crippen molar-refractivity contribution in [2.24, 2.45) is 15.9 Å². The number of esters is 1. The van der Waals surface area contributed by atoms with Crippen LogP contribution in [0.15, 0.2) is 27.5 Å². The zero-order valence-electron chi connectivity index (χ0n) is 9.45. The van der Waals surface area contributed by atoms with E-state index in [1.165, 1.54) is 12.1 Å². The molecular formula is C9H12N4O4S. The summed E-state index contributed by atoms with van der Waals surface area (Å²) in [6.07, 6.45) is 0. The molecule has 0 amide bonds. The summed E-state index contributed by atoms with van der Waals surface area (Å²) in [5, 5.41) is 0. The Bertz CT molecular complexity index is 605. The molecule has 0 atom stereocenters. The highest BCUT2D eigenvalue weighted by atomic mass is 32.2. The maximum atomic E-state index is 11.8. The van der Waals surface area contributed by atoms with E-state index in [9.17, 15) is 13.2 Å². The minimum atomic E-state index is -4.18. The number of nitrogens with two attached hydrogens (primary N) is 3. The molecule has 0 unspecified atom stereocenters. The highest BCUT2D eigenvalue weighted by Gasteiger charge is 2.23. The first-order valence-corrected chi connectivity index (χ1v) is 6.05. The number of methoxy groups -OCH3 is 1. The van der Waals surface area contributed by atoms with Gasteiger partial charge >= 0.3 is 5.97 Å². The minimum absolute atomic E-state index is 0.207. The topological polar surface area (TPSA) is 151 Å². The lowest BCUT2D eigenvalue weighted by molar-refractivity contribution is 0.0596. The van der Waals surface area contributed by atoms with Crippen molar-refractivity contribution in [1.82, 2.24) is 0 Å². The van der Waals surface area contributed by atoms with Crippen LogP contribution in [0.25, 0.3) is 0 Å². The number of nitrogens with zero attached hydrogens (tertiary/aromatic N) is 1. The van der Waals surface area contributed by atoms with E-state index in [0.717, 1.165) is 13.2 Å². The van der Waals surface area contributed by atoms with Gasteiger partial charge in [0.2, 0.25) is 5.96 Å². The number of carbonyl (C=O) groups excluding carboxylic acids is 1. The molecule has 0 heterocycles. The largest absolute Gasteiger partial charge is 0.465 e. The predicted molar refractivity (Wildman–Crippen MR) is 65.2 cm³/mol. The Balaban J connectivity index is 3.51. The molecule has 6 N–H and O–H groups in total. The molecule has 98 valence electrons. The summed E-state index contributed by atoms with van der Waals surface area (Å²) in [5.41, 5.74) is 15.5. The fourth-order valence-corrected chi connectivity index (χ4v) is 2.27. The van der Waals surface area contributed by atoms with Gasteiger partial charge in [0.1, 0.15) is 4.90 Å². The number of carbonyl (C=O) groups is 1. The van der Waals surface area contributed by atoms with Crippen molar-refractivity contribution in [3.8, 4) is 0 Å². The normalized spacial score (nSPS) is 10.7. The van der Waals surface area contributed by atoms with E-state index in [0.29, 0.717) is 0 Å². The van der Waals surface area contributed by atoms with Crippen LogP contribution >= 0.6 is 0 Å². The molecule has 0 aromatic heterocycles. The van der Waals surface area contributed by atoms with Crippen molar-refractivity contribution in [2.45, 2.75) is 4.90 Å². The van der Waals surface area contributed by atoms with E-state index in [1.807, 2.05) is 0 Å². The van der Waals surface area contributed by atoms with Gasteiger partial charge in [-0.15, -0.1) is 4.40 Å². The number of hydrogen-bond acceptors (Lipinski definition) is 5. The summed E-state index contributed by atoms with van der Waals surface area (Å²) in [6.45, 7) is 0. The molecule has 0 aliphatic rings. The second kappa shape index (κ2) is 4.92. The Morgan fingerprint density at radius 1 is 1.33 bits per heavy atom. The Kier molecular flexibility index (Phi) is 3.76. The Labute approximate surface area is 103 Å². The van der Waals surface area contributed by atoms with Gasteiger partial charge < -0.3 is 21.9 Å². The zero-order valence-corrected chi connectivity index (χ0v) is 10.3. The van der Waals surface area contributed by atoms with E-state index in [1.54, 1.807) is 0 Å². The quantitative estimate of drug-likeness (QED) is 0.277. The van der Waals surface area contributed by atoms with Crippen LogP contribution < -0.4 is 17.2 Å². The molecule has 9 heteroatoms. The molecule has 0 radical (unpaired) electrons. The number of sulfonamides is 1. The molecule has 18 heavy (non-hydrogen) atoms. The van der Waals surface area contributed by atoms with E-state index in [2.05, 4.69) is 9.13 Å². The summed E-state index contributed by atoms with van der Waals surface area (Å²) in [5.74, 6) is -1.49. The fourth-order valence-electron chi connectivity index (χ4n) is 1.23. The molecular weight excluding hydrogens is 260 g/mol. The maximum Gasteiger partial charge on any atom is 0.339 e. The molecule has 8 nitrogen and oxygen atoms in total. The van der Waals surface area contributed by atoms with Crippen LogP contribution in [0, 0.1) is 0 Å². The number of rotatable bonds is 3. The van der Waals surface area contributed by atoms with Crippen LogP contribution in [-0.4, -0.2) is 27.5 Å². The lowest BCUT2D eigenvalue weighted by Crippen LogP contribution is -2.24. The molecule has 0 saturated carbocycles. The number of hydrogen-bond donors (Lipinski definition) is 3. The third-order valence-corrected chi connectivity index (χ3v) is 3.28. The van der Waals surface area contributed by atoms with Gasteiger partial charge in [0.05, 0.1) is 12.7 Å². The van der Waals surface area contributed by atoms with Gasteiger partial charge in [-0.2, -0.15) is 8.42 Å². The monoisotopic (exact) mass is 272 g/mol. The Hall–Kier alpha value is -2.29. The van der Waals surface area contributed by atoms with Crippen LogP contribution in [0.5, 0.6) is 0 Å². The Morgan fingerprint density at radius 3 is 2.44 bits per heavy atom. The first kappa shape index (κ1) is 13.8. The molecule has 0 aliphatic heterocycles. The van der Waals surface area contributed by atoms with E-state index < -0.39 is 22.0 Å². The fraction of sp³-hybridized carbons (Fsp3) is 0.111. The number of guanidine groups is 1. The second-order valence-corrected chi connectivity index (χ2v) is 4.81. The third-order valence-electron chi connectivity index (χ3n) is 1.91. The maximum absolute atomic E-state index is 11.8. The Morgan fingerprint density at radius 2 is 1.94 bits per heavy atom. The van der Waals surface area contributed by atoms with E-state index in [-0.39, 0.29) is 16.1 Å². The highest BCUT2D eigenvalue weighted by molar-refractivity contribution is 7.90. The summed E-state index contributed by atoms with van der Waals surface area (Å²) >= 11 is 0. The van der Waals surface area contributed by atoms with Crippen molar-refractivity contribution >= 4 is 27.6 Å². The average Bonchev–Trinajstić information content (AvgIpc) is 2.25. The van der Waals surface area contributed by atoms with E-state index in [4.69, 9.17) is 17.2 Å². The number of anilines is 1. The van der Waals surface area contributed by atoms with Gasteiger partial charge in [-0.05, 0) is 18.2 Å². The first-order chi connectivity index (χ1) is 8.27. The van der Waals surface area contributed by atoms with Crippen LogP contribution in [-0.2, 0) is 14.8 Å². The molecule has 0 saturated heterocycles. The number of nitrogen functional groups attached to an aromatic ring is 1. The molecule has 0 fully saturated rings. The zero-order chi connectivity index (χ0) is 13.9. The smallest absolute Gasteiger partial charge is 0.339 e.